The molecule has 10 nitrogen and oxygen atoms in total. The second kappa shape index (κ2) is 29.8. The molecule has 0 bridgehead atoms. The van der Waals surface area contributed by atoms with Gasteiger partial charge in [0.1, 0.15) is 20.1 Å². The largest absolute Gasteiger partial charge is 1.00 e. The van der Waals surface area contributed by atoms with Gasteiger partial charge in [-0.1, -0.05) is 116 Å². The van der Waals surface area contributed by atoms with Gasteiger partial charge in [0.25, 0.3) is 9.05 Å². The van der Waals surface area contributed by atoms with E-state index in [2.05, 4.69) is 27.7 Å². The Balaban J connectivity index is 0. The van der Waals surface area contributed by atoms with Crippen molar-refractivity contribution in [2.45, 2.75) is 157 Å². The third kappa shape index (κ3) is 22.2. The van der Waals surface area contributed by atoms with Gasteiger partial charge in [0.2, 0.25) is 0 Å². The molecule has 3 rings (SSSR count). The predicted octanol–water partition coefficient (Wildman–Crippen LogP) is 9.44. The molecule has 0 aliphatic carbocycles. The molecule has 0 saturated carbocycles. The Morgan fingerprint density at radius 3 is 1.02 bits per heavy atom. The molecule has 0 spiro atoms. The molecular formula is C41H60ClF4NNaO9S4-. The third-order valence-corrected chi connectivity index (χ3v) is 14.5. The Morgan fingerprint density at radius 1 is 0.557 bits per heavy atom. The van der Waals surface area contributed by atoms with Crippen LogP contribution in [0, 0.1) is 0 Å². The van der Waals surface area contributed by atoms with Crippen LogP contribution in [-0.4, -0.2) is 50.9 Å². The molecule has 3 aromatic rings. The summed E-state index contributed by atoms with van der Waals surface area (Å²) in [6, 6.07) is 18.4. The second-order valence-electron chi connectivity index (χ2n) is 13.9. The van der Waals surface area contributed by atoms with E-state index >= 15 is 0 Å². The van der Waals surface area contributed by atoms with Crippen LogP contribution in [0.2, 0.25) is 0 Å². The predicted molar refractivity (Wildman–Crippen MR) is 231 cm³/mol. The Bertz CT molecular complexity index is 2030. The first-order chi connectivity index (χ1) is 28.3. The van der Waals surface area contributed by atoms with Gasteiger partial charge in [0.15, 0.2) is 10.0 Å². The second-order valence-corrected chi connectivity index (χ2v) is 21.3. The van der Waals surface area contributed by atoms with E-state index in [1.54, 1.807) is 24.3 Å². The smallest absolute Gasteiger partial charge is 0.744 e. The molecule has 0 aromatic heterocycles. The minimum Gasteiger partial charge on any atom is -0.744 e. The van der Waals surface area contributed by atoms with Gasteiger partial charge in [-0.15, -0.1) is 0 Å². The van der Waals surface area contributed by atoms with Crippen molar-refractivity contribution in [3.05, 3.63) is 93.6 Å². The first-order valence-corrected chi connectivity index (χ1v) is 26.3. The number of sulfonamides is 2. The zero-order valence-electron chi connectivity index (χ0n) is 37.0. The van der Waals surface area contributed by atoms with Crippen molar-refractivity contribution < 1.29 is 86.7 Å². The van der Waals surface area contributed by atoms with Crippen LogP contribution in [0.1, 0.15) is 154 Å². The molecule has 61 heavy (non-hydrogen) atoms. The minimum absolute atomic E-state index is 0. The fraction of sp³-hybridized carbons (Fsp3) is 0.561. The summed E-state index contributed by atoms with van der Waals surface area (Å²) < 4.78 is 154. The van der Waals surface area contributed by atoms with Crippen LogP contribution in [0.25, 0.3) is 4.13 Å². The van der Waals surface area contributed by atoms with E-state index in [0.29, 0.717) is 11.8 Å². The molecule has 0 aliphatic heterocycles. The summed E-state index contributed by atoms with van der Waals surface area (Å²) in [7, 11) is -14.7. The van der Waals surface area contributed by atoms with Gasteiger partial charge in [-0.2, -0.15) is 13.2 Å². The van der Waals surface area contributed by atoms with E-state index in [-0.39, 0.29) is 45.3 Å². The number of benzene rings is 3. The van der Waals surface area contributed by atoms with Crippen LogP contribution >= 0.6 is 10.7 Å². The Hall–Kier alpha value is -1.61. The normalized spacial score (nSPS) is 12.3. The quantitative estimate of drug-likeness (QED) is 0.0463. The third-order valence-electron chi connectivity index (χ3n) is 9.23. The van der Waals surface area contributed by atoms with Crippen molar-refractivity contribution in [1.29, 1.82) is 0 Å². The molecule has 0 heterocycles. The molecular weight excluding hydrogens is 913 g/mol. The molecule has 0 fully saturated rings. The molecule has 0 amide bonds. The van der Waals surface area contributed by atoms with Gasteiger partial charge >= 0.3 is 35.1 Å². The summed E-state index contributed by atoms with van der Waals surface area (Å²) >= 11 is 0. The molecule has 3 aromatic carbocycles. The zero-order chi connectivity index (χ0) is 47.1. The van der Waals surface area contributed by atoms with Crippen molar-refractivity contribution in [2.24, 2.45) is 0 Å². The Morgan fingerprint density at radius 2 is 0.803 bits per heavy atom. The number of alkyl halides is 4. The van der Waals surface area contributed by atoms with E-state index in [1.807, 2.05) is 30.1 Å². The molecule has 0 radical (unpaired) electrons. The Labute approximate surface area is 391 Å². The van der Waals surface area contributed by atoms with E-state index < -0.39 is 56.8 Å². The molecule has 0 unspecified atom stereocenters. The van der Waals surface area contributed by atoms with Crippen LogP contribution in [-0.2, 0) is 39.2 Å². The molecule has 0 atom stereocenters. The molecule has 344 valence electrons. The maximum absolute atomic E-state index is 12.3. The summed E-state index contributed by atoms with van der Waals surface area (Å²) in [5.74, 6) is 1.21. The standard InChI is InChI=1S/C14H19F3NO4S2.C13H19ClO2S.C13H20O3S.CH3F.Na/c1-3-5-11(6-4-2)12-7-9-13(10-8-12)23(19,20)18-24(21,22)14(15,16)17;2*1-3-5-11(6-4-2)12-7-9-13(10-8-12)17(14,15)16;1-2;/h7-11H,3-6H2,1-2H3;7-11H,3-6H2,1-2H3;7-11H,3-6H2,1-2H3,(H,14,15,16);1H3;/q-1;;;;+1/p-1/i;;;1D;. The summed E-state index contributed by atoms with van der Waals surface area (Å²) in [6.45, 7) is 12.6. The topological polar surface area (TPSA) is 174 Å². The van der Waals surface area contributed by atoms with Crippen molar-refractivity contribution in [2.75, 3.05) is 7.15 Å². The summed E-state index contributed by atoms with van der Waals surface area (Å²) in [5, 5.41) is 0. The van der Waals surface area contributed by atoms with E-state index in [4.69, 9.17) is 12.1 Å². The monoisotopic (exact) mass is 973 g/mol. The SMILES string of the molecule is CCCC(CCC)c1ccc(S(=O)(=O)Cl)cc1.CCCC(CCC)c1ccc(S(=O)(=O)[N-]S(=O)(=O)C(F)(F)F)cc1.CCCC(CCC)c1ccc(S(=O)(=O)[O-])cc1.[2H]CF.[Na+]. The maximum Gasteiger partial charge on any atom is 1.00 e. The minimum atomic E-state index is -6.11. The fourth-order valence-electron chi connectivity index (χ4n) is 6.46. The van der Waals surface area contributed by atoms with E-state index in [9.17, 15) is 55.8 Å². The first kappa shape index (κ1) is 59.4. The van der Waals surface area contributed by atoms with E-state index in [1.165, 1.54) is 29.8 Å². The van der Waals surface area contributed by atoms with Crippen molar-refractivity contribution in [3.8, 4) is 0 Å². The number of rotatable bonds is 20. The molecule has 0 saturated heterocycles. The van der Waals surface area contributed by atoms with Gasteiger partial charge in [0, 0.05) is 15.6 Å². The van der Waals surface area contributed by atoms with Gasteiger partial charge in [-0.3, -0.25) is 4.39 Å². The zero-order valence-corrected chi connectivity index (χ0v) is 42.0. The van der Waals surface area contributed by atoms with Crippen LogP contribution in [0.3, 0.4) is 0 Å². The molecule has 0 N–H and O–H groups in total. The van der Waals surface area contributed by atoms with Gasteiger partial charge in [0.05, 0.1) is 18.3 Å². The number of halogens is 5. The van der Waals surface area contributed by atoms with Gasteiger partial charge < -0.3 is 8.68 Å². The maximum atomic E-state index is 12.3. The summed E-state index contributed by atoms with van der Waals surface area (Å²) in [6.07, 6.45) is 12.6. The average molecular weight is 975 g/mol. The van der Waals surface area contributed by atoms with Gasteiger partial charge in [-0.25, -0.2) is 33.7 Å². The summed E-state index contributed by atoms with van der Waals surface area (Å²) in [4.78, 5) is -0.562. The summed E-state index contributed by atoms with van der Waals surface area (Å²) in [5.41, 5.74) is -2.57. The van der Waals surface area contributed by atoms with Crippen LogP contribution in [0.4, 0.5) is 17.6 Å². The van der Waals surface area contributed by atoms with E-state index in [0.717, 1.165) is 100 Å². The first-order valence-electron chi connectivity index (χ1n) is 20.4. The van der Waals surface area contributed by atoms with Crippen molar-refractivity contribution in [1.82, 2.24) is 0 Å². The average Bonchev–Trinajstić information content (AvgIpc) is 3.17. The fourth-order valence-corrected chi connectivity index (χ4v) is 9.89. The van der Waals surface area contributed by atoms with Gasteiger partial charge in [-0.05, 0) is 109 Å². The number of hydrogen-bond acceptors (Lipinski definition) is 9. The van der Waals surface area contributed by atoms with Crippen molar-refractivity contribution >= 4 is 49.9 Å². The molecule has 0 aliphatic rings. The number of nitrogens with zero attached hydrogens (tertiary/aromatic N) is 1. The van der Waals surface area contributed by atoms with Crippen molar-refractivity contribution in [3.63, 3.8) is 0 Å². The van der Waals surface area contributed by atoms with Crippen LogP contribution < -0.4 is 29.6 Å². The Kier molecular flexibility index (Phi) is 29.0. The van der Waals surface area contributed by atoms with Crippen LogP contribution in [0.5, 0.6) is 0 Å². The van der Waals surface area contributed by atoms with Crippen LogP contribution in [0.15, 0.2) is 87.5 Å². The number of hydrogen-bond donors (Lipinski definition) is 0. The molecule has 20 heteroatoms.